The maximum absolute atomic E-state index is 13.1. The number of hydrogen-bond donors (Lipinski definition) is 0. The second-order valence-corrected chi connectivity index (χ2v) is 16.6. The maximum Gasteiger partial charge on any atom is 0.311 e. The number of hydrogen-bond acceptors (Lipinski definition) is 12. The molecule has 12 nitrogen and oxygen atoms in total. The number of rotatable bonds is 0. The molecule has 5 heterocycles. The molecule has 16 atom stereocenters. The molecule has 0 aromatic carbocycles. The molecule has 5 saturated heterocycles. The summed E-state index contributed by atoms with van der Waals surface area (Å²) in [5.41, 5.74) is 0. The van der Waals surface area contributed by atoms with Crippen LogP contribution in [0.3, 0.4) is 0 Å². The fraction of sp³-hybridized carbons (Fsp3) is 0.900. The van der Waals surface area contributed by atoms with E-state index in [9.17, 15) is 19.2 Å². The molecule has 0 N–H and O–H groups in total. The molecule has 0 aromatic heterocycles. The van der Waals surface area contributed by atoms with Gasteiger partial charge in [0.05, 0.1) is 72.5 Å². The molecule has 5 aliphatic rings. The second kappa shape index (κ2) is 18.4. The Labute approximate surface area is 309 Å². The molecule has 52 heavy (non-hydrogen) atoms. The highest BCUT2D eigenvalue weighted by molar-refractivity contribution is 5.74. The zero-order valence-electron chi connectivity index (χ0n) is 32.6. The molecule has 5 rings (SSSR count). The van der Waals surface area contributed by atoms with Gasteiger partial charge < -0.3 is 37.9 Å². The molecule has 296 valence electrons. The zero-order chi connectivity index (χ0) is 37.7. The summed E-state index contributed by atoms with van der Waals surface area (Å²) in [5, 5.41) is 0. The fourth-order valence-corrected chi connectivity index (χ4v) is 8.60. The van der Waals surface area contributed by atoms with E-state index < -0.39 is 23.7 Å². The van der Waals surface area contributed by atoms with Crippen LogP contribution in [0.4, 0.5) is 0 Å². The first-order valence-corrected chi connectivity index (χ1v) is 20.1. The van der Waals surface area contributed by atoms with Crippen molar-refractivity contribution in [2.45, 2.75) is 206 Å². The van der Waals surface area contributed by atoms with Crippen molar-refractivity contribution in [1.82, 2.24) is 0 Å². The van der Waals surface area contributed by atoms with Gasteiger partial charge in [-0.1, -0.05) is 0 Å². The number of carbonyl (C=O) groups is 4. The Morgan fingerprint density at radius 3 is 0.712 bits per heavy atom. The third-order valence-electron chi connectivity index (χ3n) is 11.9. The van der Waals surface area contributed by atoms with Crippen LogP contribution in [0.5, 0.6) is 0 Å². The predicted molar refractivity (Wildman–Crippen MR) is 189 cm³/mol. The number of esters is 4. The van der Waals surface area contributed by atoms with Gasteiger partial charge in [0.25, 0.3) is 0 Å². The van der Waals surface area contributed by atoms with Gasteiger partial charge in [0.1, 0.15) is 24.4 Å². The van der Waals surface area contributed by atoms with Crippen LogP contribution in [-0.2, 0) is 57.1 Å². The lowest BCUT2D eigenvalue weighted by Gasteiger charge is -2.26. The molecule has 0 spiro atoms. The SMILES string of the molecule is CC1CC2CCC(O2)C(C)C(=O)O[C@H](C)CC2CCC(O2)C(C)C(=O)OC(C)CC2CCC(O2)C(C)C(=O)O[C@H](C)CC2CCC(O2)C(C)C(=O)O1. The van der Waals surface area contributed by atoms with Crippen molar-refractivity contribution in [3.05, 3.63) is 0 Å². The van der Waals surface area contributed by atoms with Crippen LogP contribution in [0, 0.1) is 23.7 Å². The standard InChI is InChI=1S/C40H64O12/c1-21-17-29-9-13-34(49-29)26(6)38(42)46-23(3)19-31-11-15-36(51-31)28(8)40(44)48-24(4)20-32-12-16-35(52-32)27(7)39(43)47-22(2)18-30-10-14-33(50-30)25(5)37(41)45-21/h21-36H,9-20H2,1-8H3/t21-,22?,23?,24-,25?,26?,27?,28?,29?,30?,31?,32?,33?,34?,35?,36?/m1/s1. The number of carbonyl (C=O) groups excluding carboxylic acids is 4. The van der Waals surface area contributed by atoms with E-state index in [-0.39, 0.29) is 97.1 Å². The van der Waals surface area contributed by atoms with E-state index in [0.717, 1.165) is 51.4 Å². The molecule has 5 aliphatic heterocycles. The lowest BCUT2D eigenvalue weighted by molar-refractivity contribution is -0.161. The summed E-state index contributed by atoms with van der Waals surface area (Å²) in [5.74, 6) is -2.93. The third kappa shape index (κ3) is 10.9. The Morgan fingerprint density at radius 2 is 0.519 bits per heavy atom. The summed E-state index contributed by atoms with van der Waals surface area (Å²) in [6.45, 7) is 14.9. The first-order valence-electron chi connectivity index (χ1n) is 20.1. The summed E-state index contributed by atoms with van der Waals surface area (Å²) >= 11 is 0. The topological polar surface area (TPSA) is 142 Å². The Hall–Kier alpha value is -2.28. The van der Waals surface area contributed by atoms with Crippen molar-refractivity contribution in [1.29, 1.82) is 0 Å². The summed E-state index contributed by atoms with van der Waals surface area (Å²) in [4.78, 5) is 52.4. The largest absolute Gasteiger partial charge is 0.462 e. The highest BCUT2D eigenvalue weighted by Gasteiger charge is 2.41. The average molecular weight is 737 g/mol. The van der Waals surface area contributed by atoms with E-state index in [1.807, 2.05) is 55.4 Å². The number of cyclic esters (lactones) is 4. The summed E-state index contributed by atoms with van der Waals surface area (Å²) < 4.78 is 48.4. The summed E-state index contributed by atoms with van der Waals surface area (Å²) in [7, 11) is 0. The van der Waals surface area contributed by atoms with E-state index >= 15 is 0 Å². The molecule has 14 unspecified atom stereocenters. The molecule has 0 radical (unpaired) electrons. The molecule has 12 heteroatoms. The van der Waals surface area contributed by atoms with Crippen LogP contribution < -0.4 is 0 Å². The molecule has 8 bridgehead atoms. The minimum Gasteiger partial charge on any atom is -0.462 e. The van der Waals surface area contributed by atoms with Crippen molar-refractivity contribution in [2.24, 2.45) is 23.7 Å². The van der Waals surface area contributed by atoms with Gasteiger partial charge in [-0.25, -0.2) is 0 Å². The average Bonchev–Trinajstić information content (AvgIpc) is 3.91. The van der Waals surface area contributed by atoms with Crippen LogP contribution in [0.15, 0.2) is 0 Å². The number of fused-ring (bicyclic) bond motifs is 8. The normalized spacial score (nSPS) is 45.2. The third-order valence-corrected chi connectivity index (χ3v) is 11.9. The van der Waals surface area contributed by atoms with Crippen LogP contribution >= 0.6 is 0 Å². The molecular weight excluding hydrogens is 672 g/mol. The molecular formula is C40H64O12. The van der Waals surface area contributed by atoms with Crippen molar-refractivity contribution >= 4 is 23.9 Å². The van der Waals surface area contributed by atoms with Crippen LogP contribution in [0.2, 0.25) is 0 Å². The minimum absolute atomic E-state index is 0.119. The summed E-state index contributed by atoms with van der Waals surface area (Å²) in [6.07, 6.45) is 5.22. The van der Waals surface area contributed by atoms with E-state index in [4.69, 9.17) is 37.9 Å². The van der Waals surface area contributed by atoms with Gasteiger partial charge in [-0.05, 0) is 107 Å². The monoisotopic (exact) mass is 736 g/mol. The predicted octanol–water partition coefficient (Wildman–Crippen LogP) is 6.02. The van der Waals surface area contributed by atoms with Gasteiger partial charge >= 0.3 is 23.9 Å². The molecule has 0 amide bonds. The first-order chi connectivity index (χ1) is 24.7. The second-order valence-electron chi connectivity index (χ2n) is 16.6. The van der Waals surface area contributed by atoms with Gasteiger partial charge in [-0.3, -0.25) is 19.2 Å². The van der Waals surface area contributed by atoms with Gasteiger partial charge in [-0.2, -0.15) is 0 Å². The zero-order valence-corrected chi connectivity index (χ0v) is 32.6. The first kappa shape index (κ1) is 40.9. The highest BCUT2D eigenvalue weighted by Crippen LogP contribution is 2.34. The molecule has 0 aliphatic carbocycles. The molecule has 0 aromatic rings. The lowest BCUT2D eigenvalue weighted by atomic mass is 10.00. The Kier molecular flexibility index (Phi) is 14.4. The van der Waals surface area contributed by atoms with Crippen molar-refractivity contribution in [2.75, 3.05) is 0 Å². The Bertz CT molecular complexity index is 1040. The van der Waals surface area contributed by atoms with Crippen molar-refractivity contribution in [3.63, 3.8) is 0 Å². The van der Waals surface area contributed by atoms with E-state index in [1.54, 1.807) is 0 Å². The van der Waals surface area contributed by atoms with Gasteiger partial charge in [0.2, 0.25) is 0 Å². The maximum atomic E-state index is 13.1. The van der Waals surface area contributed by atoms with Crippen LogP contribution in [0.1, 0.15) is 132 Å². The van der Waals surface area contributed by atoms with Gasteiger partial charge in [0.15, 0.2) is 0 Å². The minimum atomic E-state index is -0.434. The molecule has 5 fully saturated rings. The highest BCUT2D eigenvalue weighted by atomic mass is 16.6. The quantitative estimate of drug-likeness (QED) is 0.212. The number of ether oxygens (including phenoxy) is 8. The van der Waals surface area contributed by atoms with Crippen molar-refractivity contribution < 1.29 is 57.1 Å². The van der Waals surface area contributed by atoms with Crippen LogP contribution in [-0.4, -0.2) is 97.1 Å². The lowest BCUT2D eigenvalue weighted by Crippen LogP contribution is -2.34. The Balaban J connectivity index is 1.19. The van der Waals surface area contributed by atoms with E-state index in [2.05, 4.69) is 0 Å². The fourth-order valence-electron chi connectivity index (χ4n) is 8.60. The van der Waals surface area contributed by atoms with Gasteiger partial charge in [-0.15, -0.1) is 0 Å². The summed E-state index contributed by atoms with van der Waals surface area (Å²) in [6, 6.07) is 0. The van der Waals surface area contributed by atoms with E-state index in [0.29, 0.717) is 25.7 Å². The van der Waals surface area contributed by atoms with E-state index in [1.165, 1.54) is 0 Å². The smallest absolute Gasteiger partial charge is 0.311 e. The van der Waals surface area contributed by atoms with Crippen LogP contribution in [0.25, 0.3) is 0 Å². The molecule has 0 saturated carbocycles. The van der Waals surface area contributed by atoms with Gasteiger partial charge in [0, 0.05) is 25.7 Å². The van der Waals surface area contributed by atoms with Crippen molar-refractivity contribution in [3.8, 4) is 0 Å². The Morgan fingerprint density at radius 1 is 0.327 bits per heavy atom.